The molecular formula is C11H13BrN2O. The van der Waals surface area contributed by atoms with Crippen molar-refractivity contribution in [1.82, 2.24) is 0 Å². The van der Waals surface area contributed by atoms with Gasteiger partial charge in [0.25, 0.3) is 0 Å². The molecule has 0 saturated carbocycles. The number of hydrogen-bond acceptors (Lipinski definition) is 3. The Morgan fingerprint density at radius 1 is 1.60 bits per heavy atom. The summed E-state index contributed by atoms with van der Waals surface area (Å²) in [7, 11) is 0. The van der Waals surface area contributed by atoms with E-state index in [0.717, 1.165) is 16.6 Å². The van der Waals surface area contributed by atoms with Crippen molar-refractivity contribution in [1.29, 1.82) is 5.26 Å². The number of halogens is 1. The second-order valence-corrected chi connectivity index (χ2v) is 4.15. The summed E-state index contributed by atoms with van der Waals surface area (Å²) in [5, 5.41) is 21.1. The quantitative estimate of drug-likeness (QED) is 0.883. The zero-order valence-corrected chi connectivity index (χ0v) is 10.1. The average molecular weight is 269 g/mol. The summed E-state index contributed by atoms with van der Waals surface area (Å²) in [4.78, 5) is 0. The van der Waals surface area contributed by atoms with Gasteiger partial charge in [-0.15, -0.1) is 0 Å². The van der Waals surface area contributed by atoms with Crippen LogP contribution in [0.5, 0.6) is 0 Å². The highest BCUT2D eigenvalue weighted by Gasteiger charge is 2.07. The van der Waals surface area contributed by atoms with E-state index < -0.39 is 0 Å². The largest absolute Gasteiger partial charge is 0.394 e. The highest BCUT2D eigenvalue weighted by Crippen LogP contribution is 2.21. The molecule has 1 unspecified atom stereocenters. The fraction of sp³-hybridized carbons (Fsp3) is 0.364. The Morgan fingerprint density at radius 2 is 2.33 bits per heavy atom. The van der Waals surface area contributed by atoms with Crippen LogP contribution in [0.1, 0.15) is 18.9 Å². The van der Waals surface area contributed by atoms with Crippen molar-refractivity contribution < 1.29 is 5.11 Å². The van der Waals surface area contributed by atoms with Gasteiger partial charge in [-0.05, 0) is 24.6 Å². The molecule has 1 aromatic carbocycles. The molecule has 0 aliphatic heterocycles. The van der Waals surface area contributed by atoms with E-state index in [0.29, 0.717) is 5.56 Å². The highest BCUT2D eigenvalue weighted by molar-refractivity contribution is 9.10. The van der Waals surface area contributed by atoms with Crippen LogP contribution in [-0.4, -0.2) is 17.8 Å². The minimum Gasteiger partial charge on any atom is -0.394 e. The molecule has 80 valence electrons. The Bertz CT molecular complexity index is 369. The molecule has 1 atom stereocenters. The van der Waals surface area contributed by atoms with Crippen LogP contribution in [-0.2, 0) is 0 Å². The maximum absolute atomic E-state index is 9.05. The fourth-order valence-corrected chi connectivity index (χ4v) is 1.59. The van der Waals surface area contributed by atoms with Gasteiger partial charge in [0.05, 0.1) is 17.9 Å². The lowest BCUT2D eigenvalue weighted by molar-refractivity contribution is 0.272. The van der Waals surface area contributed by atoms with E-state index in [1.807, 2.05) is 19.1 Å². The van der Waals surface area contributed by atoms with Gasteiger partial charge >= 0.3 is 0 Å². The van der Waals surface area contributed by atoms with Gasteiger partial charge in [0, 0.05) is 10.5 Å². The summed E-state index contributed by atoms with van der Waals surface area (Å²) in [6.45, 7) is 2.05. The molecule has 0 fully saturated rings. The molecule has 2 N–H and O–H groups in total. The normalized spacial score (nSPS) is 11.9. The second kappa shape index (κ2) is 5.74. The summed E-state index contributed by atoms with van der Waals surface area (Å²) in [6.07, 6.45) is 0.817. The van der Waals surface area contributed by atoms with E-state index >= 15 is 0 Å². The molecule has 0 saturated heterocycles. The standard InChI is InChI=1S/C11H13BrN2O/c1-2-10(7-15)14-11-4-3-9(12)5-8(11)6-13/h3-5,10,14-15H,2,7H2,1H3. The van der Waals surface area contributed by atoms with Gasteiger partial charge in [0.15, 0.2) is 0 Å². The number of nitrogens with zero attached hydrogens (tertiary/aromatic N) is 1. The highest BCUT2D eigenvalue weighted by atomic mass is 79.9. The molecule has 0 aromatic heterocycles. The molecule has 4 heteroatoms. The lowest BCUT2D eigenvalue weighted by atomic mass is 10.1. The third-order valence-corrected chi connectivity index (χ3v) is 2.67. The fourth-order valence-electron chi connectivity index (χ4n) is 1.23. The summed E-state index contributed by atoms with van der Waals surface area (Å²) >= 11 is 3.31. The summed E-state index contributed by atoms with van der Waals surface area (Å²) in [5.74, 6) is 0. The molecule has 0 radical (unpaired) electrons. The van der Waals surface area contributed by atoms with Crippen LogP contribution >= 0.6 is 15.9 Å². The van der Waals surface area contributed by atoms with Crippen molar-refractivity contribution in [2.24, 2.45) is 0 Å². The van der Waals surface area contributed by atoms with Crippen LogP contribution in [0, 0.1) is 11.3 Å². The smallest absolute Gasteiger partial charge is 0.101 e. The van der Waals surface area contributed by atoms with E-state index in [-0.39, 0.29) is 12.6 Å². The molecule has 15 heavy (non-hydrogen) atoms. The summed E-state index contributed by atoms with van der Waals surface area (Å²) < 4.78 is 0.877. The average Bonchev–Trinajstić information content (AvgIpc) is 2.27. The van der Waals surface area contributed by atoms with Gasteiger partial charge in [-0.2, -0.15) is 5.26 Å². The first kappa shape index (κ1) is 12.0. The Balaban J connectivity index is 2.90. The SMILES string of the molecule is CCC(CO)Nc1ccc(Br)cc1C#N. The number of aliphatic hydroxyl groups is 1. The molecule has 0 spiro atoms. The molecule has 0 aliphatic carbocycles. The van der Waals surface area contributed by atoms with Crippen LogP contribution in [0.25, 0.3) is 0 Å². The molecule has 3 nitrogen and oxygen atoms in total. The van der Waals surface area contributed by atoms with Gasteiger partial charge in [-0.25, -0.2) is 0 Å². The summed E-state index contributed by atoms with van der Waals surface area (Å²) in [6, 6.07) is 7.57. The maximum Gasteiger partial charge on any atom is 0.101 e. The molecular weight excluding hydrogens is 256 g/mol. The van der Waals surface area contributed by atoms with Crippen molar-refractivity contribution >= 4 is 21.6 Å². The zero-order chi connectivity index (χ0) is 11.3. The van der Waals surface area contributed by atoms with Crippen molar-refractivity contribution in [3.05, 3.63) is 28.2 Å². The van der Waals surface area contributed by atoms with Crippen LogP contribution in [0.3, 0.4) is 0 Å². The number of rotatable bonds is 4. The molecule has 1 rings (SSSR count). The van der Waals surface area contributed by atoms with Crippen LogP contribution in [0.15, 0.2) is 22.7 Å². The predicted octanol–water partition coefficient (Wildman–Crippen LogP) is 2.50. The lowest BCUT2D eigenvalue weighted by Crippen LogP contribution is -2.23. The van der Waals surface area contributed by atoms with Crippen LogP contribution in [0.2, 0.25) is 0 Å². The second-order valence-electron chi connectivity index (χ2n) is 3.23. The number of aliphatic hydroxyl groups excluding tert-OH is 1. The first-order chi connectivity index (χ1) is 7.21. The Hall–Kier alpha value is -1.05. The molecule has 0 bridgehead atoms. The molecule has 1 aromatic rings. The van der Waals surface area contributed by atoms with Gasteiger partial charge in [-0.3, -0.25) is 0 Å². The molecule has 0 aliphatic rings. The van der Waals surface area contributed by atoms with Crippen molar-refractivity contribution in [3.8, 4) is 6.07 Å². The van der Waals surface area contributed by atoms with Crippen LogP contribution < -0.4 is 5.32 Å². The van der Waals surface area contributed by atoms with E-state index in [1.165, 1.54) is 0 Å². The topological polar surface area (TPSA) is 56.0 Å². The zero-order valence-electron chi connectivity index (χ0n) is 8.50. The maximum atomic E-state index is 9.05. The van der Waals surface area contributed by atoms with Gasteiger partial charge in [0.2, 0.25) is 0 Å². The van der Waals surface area contributed by atoms with Gasteiger partial charge in [-0.1, -0.05) is 22.9 Å². The molecule has 0 heterocycles. The third-order valence-electron chi connectivity index (χ3n) is 2.17. The number of nitriles is 1. The van der Waals surface area contributed by atoms with Crippen molar-refractivity contribution in [2.75, 3.05) is 11.9 Å². The van der Waals surface area contributed by atoms with Crippen LogP contribution in [0.4, 0.5) is 5.69 Å². The third kappa shape index (κ3) is 3.22. The Labute approximate surface area is 97.9 Å². The molecule has 0 amide bonds. The first-order valence-corrected chi connectivity index (χ1v) is 5.57. The lowest BCUT2D eigenvalue weighted by Gasteiger charge is -2.16. The predicted molar refractivity (Wildman–Crippen MR) is 63.6 cm³/mol. The van der Waals surface area contributed by atoms with E-state index in [2.05, 4.69) is 27.3 Å². The first-order valence-electron chi connectivity index (χ1n) is 4.78. The minimum atomic E-state index is -0.00160. The number of anilines is 1. The summed E-state index contributed by atoms with van der Waals surface area (Å²) in [5.41, 5.74) is 1.35. The van der Waals surface area contributed by atoms with E-state index in [4.69, 9.17) is 10.4 Å². The number of nitrogens with one attached hydrogen (secondary N) is 1. The van der Waals surface area contributed by atoms with E-state index in [9.17, 15) is 0 Å². The van der Waals surface area contributed by atoms with Gasteiger partial charge in [0.1, 0.15) is 6.07 Å². The van der Waals surface area contributed by atoms with Gasteiger partial charge < -0.3 is 10.4 Å². The Kier molecular flexibility index (Phi) is 4.60. The number of hydrogen-bond donors (Lipinski definition) is 2. The van der Waals surface area contributed by atoms with Crippen molar-refractivity contribution in [2.45, 2.75) is 19.4 Å². The number of benzene rings is 1. The Morgan fingerprint density at radius 3 is 2.87 bits per heavy atom. The van der Waals surface area contributed by atoms with E-state index in [1.54, 1.807) is 6.07 Å². The van der Waals surface area contributed by atoms with Crippen molar-refractivity contribution in [3.63, 3.8) is 0 Å². The minimum absolute atomic E-state index is 0.00160. The monoisotopic (exact) mass is 268 g/mol.